The van der Waals surface area contributed by atoms with Gasteiger partial charge in [-0.2, -0.15) is 0 Å². The van der Waals surface area contributed by atoms with Crippen LogP contribution in [0.2, 0.25) is 0 Å². The topological polar surface area (TPSA) is 3.24 Å². The Morgan fingerprint density at radius 1 is 1.05 bits per heavy atom. The third-order valence-electron chi connectivity index (χ3n) is 3.95. The molecule has 0 unspecified atom stereocenters. The summed E-state index contributed by atoms with van der Waals surface area (Å²) in [5.41, 5.74) is 4.22. The van der Waals surface area contributed by atoms with E-state index < -0.39 is 0 Å². The molecule has 1 heterocycles. The van der Waals surface area contributed by atoms with Gasteiger partial charge in [0.25, 0.3) is 0 Å². The fourth-order valence-corrected chi connectivity index (χ4v) is 2.76. The Balaban J connectivity index is 2.64. The summed E-state index contributed by atoms with van der Waals surface area (Å²) in [6, 6.07) is 0. The van der Waals surface area contributed by atoms with Crippen molar-refractivity contribution < 1.29 is 0 Å². The van der Waals surface area contributed by atoms with Gasteiger partial charge in [-0.3, -0.25) is 0 Å². The highest BCUT2D eigenvalue weighted by Gasteiger charge is 2.19. The Morgan fingerprint density at radius 3 is 2.15 bits per heavy atom. The minimum atomic E-state index is 0.172. The zero-order chi connectivity index (χ0) is 15.2. The van der Waals surface area contributed by atoms with E-state index in [1.54, 1.807) is 0 Å². The average Bonchev–Trinajstić information content (AvgIpc) is 2.35. The fourth-order valence-electron chi connectivity index (χ4n) is 2.76. The predicted octanol–water partition coefficient (Wildman–Crippen LogP) is 5.36. The summed E-state index contributed by atoms with van der Waals surface area (Å²) < 4.78 is 0. The summed E-state index contributed by atoms with van der Waals surface area (Å²) >= 11 is 0. The number of nitrogens with zero attached hydrogens (tertiary/aromatic N) is 1. The normalized spacial score (nSPS) is 17.9. The van der Waals surface area contributed by atoms with E-state index >= 15 is 0 Å². The molecule has 0 N–H and O–H groups in total. The lowest BCUT2D eigenvalue weighted by Crippen LogP contribution is -2.31. The Kier molecular flexibility index (Phi) is 6.75. The molecule has 1 aliphatic heterocycles. The number of likely N-dealkylation sites (tertiary alicyclic amines) is 1. The second-order valence-corrected chi connectivity index (χ2v) is 7.33. The van der Waals surface area contributed by atoms with Gasteiger partial charge in [-0.15, -0.1) is 0 Å². The van der Waals surface area contributed by atoms with Crippen LogP contribution in [0.4, 0.5) is 0 Å². The molecule has 0 saturated carbocycles. The number of piperidine rings is 1. The first-order valence-electron chi connectivity index (χ1n) is 8.07. The van der Waals surface area contributed by atoms with E-state index in [9.17, 15) is 0 Å². The van der Waals surface area contributed by atoms with Crippen molar-refractivity contribution in [2.45, 2.75) is 60.3 Å². The summed E-state index contributed by atoms with van der Waals surface area (Å²) in [5, 5.41) is 0. The average molecular weight is 275 g/mol. The summed E-state index contributed by atoms with van der Waals surface area (Å²) in [6.07, 6.45) is 9.73. The number of hydrogen-bond donors (Lipinski definition) is 0. The summed E-state index contributed by atoms with van der Waals surface area (Å²) in [7, 11) is 0. The van der Waals surface area contributed by atoms with E-state index in [2.05, 4.69) is 58.2 Å². The fraction of sp³-hybridized carbons (Fsp3) is 0.684. The lowest BCUT2D eigenvalue weighted by molar-refractivity contribution is 0.231. The van der Waals surface area contributed by atoms with Crippen LogP contribution in [-0.2, 0) is 0 Å². The second kappa shape index (κ2) is 7.83. The van der Waals surface area contributed by atoms with Crippen LogP contribution in [0.25, 0.3) is 0 Å². The molecule has 1 saturated heterocycles. The summed E-state index contributed by atoms with van der Waals surface area (Å²) in [4.78, 5) is 2.59. The van der Waals surface area contributed by atoms with Gasteiger partial charge in [-0.1, -0.05) is 57.1 Å². The second-order valence-electron chi connectivity index (χ2n) is 7.33. The zero-order valence-corrected chi connectivity index (χ0v) is 14.3. The van der Waals surface area contributed by atoms with Gasteiger partial charge in [0.15, 0.2) is 0 Å². The SMILES string of the molecule is C=C(CCN1CCCCC1)/C(=C\C=C(C)C)C(C)(C)C. The highest BCUT2D eigenvalue weighted by atomic mass is 15.1. The van der Waals surface area contributed by atoms with Crippen molar-refractivity contribution in [1.29, 1.82) is 0 Å². The Labute approximate surface area is 126 Å². The quantitative estimate of drug-likeness (QED) is 0.611. The van der Waals surface area contributed by atoms with Crippen LogP contribution in [0.1, 0.15) is 60.3 Å². The molecule has 1 heteroatoms. The molecule has 0 aromatic carbocycles. The van der Waals surface area contributed by atoms with Crippen LogP contribution in [0, 0.1) is 5.41 Å². The standard InChI is InChI=1S/C19H33N/c1-16(2)10-11-18(19(4,5)6)17(3)12-15-20-13-8-7-9-14-20/h10-11H,3,7-9,12-15H2,1-2,4-6H3/b18-11+. The Bertz CT molecular complexity index is 369. The van der Waals surface area contributed by atoms with Crippen LogP contribution < -0.4 is 0 Å². The lowest BCUT2D eigenvalue weighted by Gasteiger charge is -2.29. The Morgan fingerprint density at radius 2 is 1.65 bits per heavy atom. The van der Waals surface area contributed by atoms with Gasteiger partial charge in [0.2, 0.25) is 0 Å². The molecule has 0 aromatic heterocycles. The van der Waals surface area contributed by atoms with Crippen molar-refractivity contribution >= 4 is 0 Å². The Hall–Kier alpha value is -0.820. The van der Waals surface area contributed by atoms with Crippen LogP contribution in [0.15, 0.2) is 35.5 Å². The van der Waals surface area contributed by atoms with Crippen molar-refractivity contribution in [3.8, 4) is 0 Å². The number of hydrogen-bond acceptors (Lipinski definition) is 1. The van der Waals surface area contributed by atoms with Gasteiger partial charge in [0.05, 0.1) is 0 Å². The molecule has 1 aliphatic rings. The van der Waals surface area contributed by atoms with Crippen LogP contribution in [0.5, 0.6) is 0 Å². The largest absolute Gasteiger partial charge is 0.303 e. The van der Waals surface area contributed by atoms with E-state index in [1.165, 1.54) is 55.6 Å². The highest BCUT2D eigenvalue weighted by Crippen LogP contribution is 2.32. The third-order valence-corrected chi connectivity index (χ3v) is 3.95. The maximum atomic E-state index is 4.36. The van der Waals surface area contributed by atoms with E-state index in [0.717, 1.165) is 6.42 Å². The first kappa shape index (κ1) is 17.2. The summed E-state index contributed by atoms with van der Waals surface area (Å²) in [6.45, 7) is 19.2. The number of allylic oxidation sites excluding steroid dienone is 4. The molecule has 1 fully saturated rings. The van der Waals surface area contributed by atoms with Gasteiger partial charge in [0.1, 0.15) is 0 Å². The lowest BCUT2D eigenvalue weighted by atomic mass is 9.81. The molecule has 20 heavy (non-hydrogen) atoms. The zero-order valence-electron chi connectivity index (χ0n) is 14.3. The third kappa shape index (κ3) is 6.09. The van der Waals surface area contributed by atoms with E-state index in [4.69, 9.17) is 0 Å². The van der Waals surface area contributed by atoms with E-state index in [1.807, 2.05) is 0 Å². The minimum Gasteiger partial charge on any atom is -0.303 e. The monoisotopic (exact) mass is 275 g/mol. The molecule has 0 amide bonds. The van der Waals surface area contributed by atoms with Crippen molar-refractivity contribution in [3.05, 3.63) is 35.5 Å². The molecule has 1 rings (SSSR count). The predicted molar refractivity (Wildman–Crippen MR) is 91.0 cm³/mol. The molecule has 114 valence electrons. The molecule has 0 radical (unpaired) electrons. The van der Waals surface area contributed by atoms with Crippen LogP contribution >= 0.6 is 0 Å². The summed E-state index contributed by atoms with van der Waals surface area (Å²) in [5.74, 6) is 0. The smallest absolute Gasteiger partial charge is 0.00217 e. The van der Waals surface area contributed by atoms with Crippen LogP contribution in [0.3, 0.4) is 0 Å². The molecule has 0 aromatic rings. The number of rotatable bonds is 5. The van der Waals surface area contributed by atoms with Gasteiger partial charge < -0.3 is 4.90 Å². The van der Waals surface area contributed by atoms with Gasteiger partial charge in [-0.05, 0) is 57.2 Å². The van der Waals surface area contributed by atoms with Gasteiger partial charge in [-0.25, -0.2) is 0 Å². The first-order valence-corrected chi connectivity index (χ1v) is 8.07. The van der Waals surface area contributed by atoms with E-state index in [0.29, 0.717) is 0 Å². The molecular formula is C19H33N. The van der Waals surface area contributed by atoms with Crippen molar-refractivity contribution in [3.63, 3.8) is 0 Å². The maximum absolute atomic E-state index is 4.36. The van der Waals surface area contributed by atoms with E-state index in [-0.39, 0.29) is 5.41 Å². The van der Waals surface area contributed by atoms with Crippen molar-refractivity contribution in [2.75, 3.05) is 19.6 Å². The minimum absolute atomic E-state index is 0.172. The molecule has 0 bridgehead atoms. The van der Waals surface area contributed by atoms with Crippen LogP contribution in [-0.4, -0.2) is 24.5 Å². The molecule has 0 atom stereocenters. The molecule has 0 spiro atoms. The molecule has 1 nitrogen and oxygen atoms in total. The van der Waals surface area contributed by atoms with Gasteiger partial charge in [0, 0.05) is 6.54 Å². The molecule has 0 aliphatic carbocycles. The first-order chi connectivity index (χ1) is 9.30. The maximum Gasteiger partial charge on any atom is 0.00217 e. The van der Waals surface area contributed by atoms with Gasteiger partial charge >= 0.3 is 0 Å². The molecular weight excluding hydrogens is 242 g/mol. The highest BCUT2D eigenvalue weighted by molar-refractivity contribution is 5.36. The van der Waals surface area contributed by atoms with Crippen molar-refractivity contribution in [2.24, 2.45) is 5.41 Å². The van der Waals surface area contributed by atoms with Crippen molar-refractivity contribution in [1.82, 2.24) is 4.90 Å².